The molecule has 2 aromatic rings. The number of fused-ring (bicyclic) bond motifs is 1. The highest BCUT2D eigenvalue weighted by atomic mass is 16.5. The lowest BCUT2D eigenvalue weighted by Gasteiger charge is -2.20. The minimum atomic E-state index is 0.312. The van der Waals surface area contributed by atoms with Crippen molar-refractivity contribution >= 4 is 0 Å². The highest BCUT2D eigenvalue weighted by Crippen LogP contribution is 2.42. The van der Waals surface area contributed by atoms with Crippen LogP contribution < -0.4 is 14.8 Å². The molecule has 2 fully saturated rings. The van der Waals surface area contributed by atoms with Gasteiger partial charge in [0.15, 0.2) is 11.5 Å². The quantitative estimate of drug-likeness (QED) is 0.897. The van der Waals surface area contributed by atoms with E-state index in [1.807, 2.05) is 19.1 Å². The molecule has 1 aliphatic carbocycles. The summed E-state index contributed by atoms with van der Waals surface area (Å²) < 4.78 is 12.4. The molecule has 4 rings (SSSR count). The van der Waals surface area contributed by atoms with Crippen LogP contribution in [-0.4, -0.2) is 25.8 Å². The van der Waals surface area contributed by atoms with Crippen LogP contribution >= 0.6 is 0 Å². The zero-order chi connectivity index (χ0) is 16.4. The van der Waals surface area contributed by atoms with Gasteiger partial charge in [-0.1, -0.05) is 42.5 Å². The number of benzene rings is 2. The highest BCUT2D eigenvalue weighted by molar-refractivity contribution is 5.73. The van der Waals surface area contributed by atoms with Crippen molar-refractivity contribution in [2.45, 2.75) is 25.9 Å². The van der Waals surface area contributed by atoms with Crippen LogP contribution in [0.1, 0.15) is 19.8 Å². The van der Waals surface area contributed by atoms with Crippen LogP contribution in [0.15, 0.2) is 48.5 Å². The maximum Gasteiger partial charge on any atom is 0.168 e. The molecule has 2 aliphatic rings. The molecule has 0 amide bonds. The number of ether oxygens (including phenoxy) is 2. The summed E-state index contributed by atoms with van der Waals surface area (Å²) in [7, 11) is 0. The van der Waals surface area contributed by atoms with Crippen LogP contribution in [0, 0.1) is 11.8 Å². The Morgan fingerprint density at radius 3 is 2.42 bits per heavy atom. The van der Waals surface area contributed by atoms with Crippen molar-refractivity contribution in [3.63, 3.8) is 0 Å². The molecule has 2 aromatic carbocycles. The molecule has 1 saturated carbocycles. The molecule has 126 valence electrons. The van der Waals surface area contributed by atoms with Gasteiger partial charge in [0.05, 0.1) is 12.7 Å². The molecule has 0 bridgehead atoms. The van der Waals surface area contributed by atoms with E-state index >= 15 is 0 Å². The zero-order valence-electron chi connectivity index (χ0n) is 14.2. The van der Waals surface area contributed by atoms with Crippen molar-refractivity contribution in [2.24, 2.45) is 11.8 Å². The van der Waals surface area contributed by atoms with E-state index < -0.39 is 0 Å². The van der Waals surface area contributed by atoms with Gasteiger partial charge in [-0.2, -0.15) is 0 Å². The largest absolute Gasteiger partial charge is 0.489 e. The fraction of sp³-hybridized carbons (Fsp3) is 0.429. The molecular formula is C21H25NO2. The van der Waals surface area contributed by atoms with Crippen LogP contribution in [-0.2, 0) is 0 Å². The minimum absolute atomic E-state index is 0.312. The van der Waals surface area contributed by atoms with E-state index in [4.69, 9.17) is 9.47 Å². The molecule has 0 unspecified atom stereocenters. The third-order valence-electron chi connectivity index (χ3n) is 5.26. The Labute approximate surface area is 144 Å². The number of hydrogen-bond acceptors (Lipinski definition) is 3. The molecule has 24 heavy (non-hydrogen) atoms. The Balaban J connectivity index is 1.60. The molecule has 2 atom stereocenters. The summed E-state index contributed by atoms with van der Waals surface area (Å²) in [6.45, 7) is 4.96. The molecular weight excluding hydrogens is 298 g/mol. The first-order valence-corrected chi connectivity index (χ1v) is 9.03. The summed E-state index contributed by atoms with van der Waals surface area (Å²) >= 11 is 0. The van der Waals surface area contributed by atoms with Gasteiger partial charge in [0.25, 0.3) is 0 Å². The van der Waals surface area contributed by atoms with Crippen LogP contribution in [0.2, 0.25) is 0 Å². The normalized spacial score (nSPS) is 23.2. The van der Waals surface area contributed by atoms with Gasteiger partial charge in [-0.3, -0.25) is 0 Å². The highest BCUT2D eigenvalue weighted by Gasteiger charge is 2.38. The van der Waals surface area contributed by atoms with Crippen molar-refractivity contribution in [2.75, 3.05) is 19.7 Å². The SMILES string of the molecule is CCOc1c(OC2C[C@@H]3CNC[C@H]3C2)cccc1-c1ccccc1. The van der Waals surface area contributed by atoms with Crippen LogP contribution in [0.25, 0.3) is 11.1 Å². The van der Waals surface area contributed by atoms with Crippen molar-refractivity contribution in [3.8, 4) is 22.6 Å². The molecule has 1 N–H and O–H groups in total. The van der Waals surface area contributed by atoms with Gasteiger partial charge < -0.3 is 14.8 Å². The third-order valence-corrected chi connectivity index (χ3v) is 5.26. The first kappa shape index (κ1) is 15.5. The van der Waals surface area contributed by atoms with Gasteiger partial charge in [-0.05, 0) is 56.3 Å². The minimum Gasteiger partial charge on any atom is -0.489 e. The lowest BCUT2D eigenvalue weighted by atomic mass is 10.0. The first-order valence-electron chi connectivity index (χ1n) is 9.03. The molecule has 3 heteroatoms. The van der Waals surface area contributed by atoms with Gasteiger partial charge in [-0.15, -0.1) is 0 Å². The summed E-state index contributed by atoms with van der Waals surface area (Å²) in [5, 5.41) is 3.49. The van der Waals surface area contributed by atoms with Gasteiger partial charge >= 0.3 is 0 Å². The second kappa shape index (κ2) is 6.86. The van der Waals surface area contributed by atoms with Crippen molar-refractivity contribution < 1.29 is 9.47 Å². The lowest BCUT2D eigenvalue weighted by Crippen LogP contribution is -2.19. The molecule has 0 radical (unpaired) electrons. The van der Waals surface area contributed by atoms with Crippen LogP contribution in [0.3, 0.4) is 0 Å². The Kier molecular flexibility index (Phi) is 4.44. The Hall–Kier alpha value is -2.00. The second-order valence-corrected chi connectivity index (χ2v) is 6.82. The van der Waals surface area contributed by atoms with E-state index in [1.165, 1.54) is 5.56 Å². The fourth-order valence-corrected chi connectivity index (χ4v) is 4.13. The molecule has 1 heterocycles. The summed E-state index contributed by atoms with van der Waals surface area (Å²) in [4.78, 5) is 0. The molecule has 3 nitrogen and oxygen atoms in total. The fourth-order valence-electron chi connectivity index (χ4n) is 4.13. The summed E-state index contributed by atoms with van der Waals surface area (Å²) in [5.41, 5.74) is 2.27. The van der Waals surface area contributed by atoms with E-state index in [0.29, 0.717) is 12.7 Å². The molecule has 1 saturated heterocycles. The van der Waals surface area contributed by atoms with Crippen molar-refractivity contribution in [3.05, 3.63) is 48.5 Å². The first-order chi connectivity index (χ1) is 11.8. The monoisotopic (exact) mass is 323 g/mol. The molecule has 0 aromatic heterocycles. The smallest absolute Gasteiger partial charge is 0.168 e. The maximum atomic E-state index is 6.40. The summed E-state index contributed by atoms with van der Waals surface area (Å²) in [6.07, 6.45) is 2.62. The van der Waals surface area contributed by atoms with E-state index in [0.717, 1.165) is 54.8 Å². The van der Waals surface area contributed by atoms with Gasteiger partial charge in [0, 0.05) is 5.56 Å². The van der Waals surface area contributed by atoms with Crippen molar-refractivity contribution in [1.82, 2.24) is 5.32 Å². The van der Waals surface area contributed by atoms with E-state index in [9.17, 15) is 0 Å². The van der Waals surface area contributed by atoms with Crippen LogP contribution in [0.4, 0.5) is 0 Å². The average Bonchev–Trinajstić information content (AvgIpc) is 3.19. The van der Waals surface area contributed by atoms with Gasteiger partial charge in [-0.25, -0.2) is 0 Å². The Morgan fingerprint density at radius 2 is 1.71 bits per heavy atom. The maximum absolute atomic E-state index is 6.40. The Morgan fingerprint density at radius 1 is 0.958 bits per heavy atom. The number of rotatable bonds is 5. The molecule has 0 spiro atoms. The lowest BCUT2D eigenvalue weighted by molar-refractivity contribution is 0.188. The second-order valence-electron chi connectivity index (χ2n) is 6.82. The summed E-state index contributed by atoms with van der Waals surface area (Å²) in [6, 6.07) is 16.6. The van der Waals surface area contributed by atoms with Gasteiger partial charge in [0.1, 0.15) is 0 Å². The predicted molar refractivity (Wildman–Crippen MR) is 96.5 cm³/mol. The number of para-hydroxylation sites is 1. The average molecular weight is 323 g/mol. The predicted octanol–water partition coefficient (Wildman–Crippen LogP) is 4.13. The Bertz CT molecular complexity index is 673. The number of nitrogens with one attached hydrogen (secondary N) is 1. The third kappa shape index (κ3) is 3.01. The summed E-state index contributed by atoms with van der Waals surface area (Å²) in [5.74, 6) is 3.32. The van der Waals surface area contributed by atoms with Crippen LogP contribution in [0.5, 0.6) is 11.5 Å². The number of hydrogen-bond donors (Lipinski definition) is 1. The molecule has 1 aliphatic heterocycles. The van der Waals surface area contributed by atoms with Crippen molar-refractivity contribution in [1.29, 1.82) is 0 Å². The van der Waals surface area contributed by atoms with E-state index in [2.05, 4.69) is 41.7 Å². The standard InChI is InChI=1S/C21H25NO2/c1-2-23-21-19(15-7-4-3-5-8-15)9-6-10-20(21)24-18-11-16-13-22-14-17(16)12-18/h3-10,16-18,22H,2,11-14H2,1H3/t16-,17-/m1/s1. The van der Waals surface area contributed by atoms with Gasteiger partial charge in [0.2, 0.25) is 0 Å². The topological polar surface area (TPSA) is 30.5 Å². The zero-order valence-corrected chi connectivity index (χ0v) is 14.2. The van der Waals surface area contributed by atoms with E-state index in [1.54, 1.807) is 0 Å². The van der Waals surface area contributed by atoms with E-state index in [-0.39, 0.29) is 0 Å².